The Bertz CT molecular complexity index is 491. The highest BCUT2D eigenvalue weighted by Crippen LogP contribution is 2.10. The van der Waals surface area contributed by atoms with Crippen LogP contribution >= 0.6 is 0 Å². The maximum atomic E-state index is 13.5. The predicted molar refractivity (Wildman–Crippen MR) is 69.2 cm³/mol. The van der Waals surface area contributed by atoms with Crippen molar-refractivity contribution in [1.29, 1.82) is 0 Å². The van der Waals surface area contributed by atoms with Gasteiger partial charge in [-0.25, -0.2) is 4.39 Å². The van der Waals surface area contributed by atoms with Crippen LogP contribution in [-0.2, 0) is 4.74 Å². The Kier molecular flexibility index (Phi) is 6.58. The van der Waals surface area contributed by atoms with Gasteiger partial charge < -0.3 is 15.2 Å². The molecule has 2 N–H and O–H groups in total. The van der Waals surface area contributed by atoms with Crippen molar-refractivity contribution in [3.8, 4) is 11.8 Å². The third-order valence-electron chi connectivity index (χ3n) is 2.27. The zero-order valence-electron chi connectivity index (χ0n) is 10.7. The van der Waals surface area contributed by atoms with E-state index in [4.69, 9.17) is 9.84 Å². The Labute approximate surface area is 111 Å². The molecule has 0 aliphatic heterocycles. The average Bonchev–Trinajstić information content (AvgIpc) is 2.41. The van der Waals surface area contributed by atoms with Gasteiger partial charge in [0.2, 0.25) is 0 Å². The first-order chi connectivity index (χ1) is 9.19. The van der Waals surface area contributed by atoms with E-state index in [1.165, 1.54) is 25.3 Å². The molecule has 0 aliphatic rings. The Morgan fingerprint density at radius 1 is 1.53 bits per heavy atom. The summed E-state index contributed by atoms with van der Waals surface area (Å²) in [6, 6.07) is 4.08. The molecule has 1 rings (SSSR count). The Morgan fingerprint density at radius 3 is 3.00 bits per heavy atom. The predicted octanol–water partition coefficient (Wildman–Crippen LogP) is 0.936. The number of rotatable bonds is 5. The number of methoxy groups -OCH3 is 1. The van der Waals surface area contributed by atoms with Crippen LogP contribution in [0.4, 0.5) is 4.39 Å². The van der Waals surface area contributed by atoms with E-state index < -0.39 is 11.7 Å². The summed E-state index contributed by atoms with van der Waals surface area (Å²) in [4.78, 5) is 11.7. The number of amides is 1. The minimum Gasteiger partial charge on any atom is -0.395 e. The van der Waals surface area contributed by atoms with Gasteiger partial charge in [-0.15, -0.1) is 0 Å². The van der Waals surface area contributed by atoms with Gasteiger partial charge in [0.05, 0.1) is 18.8 Å². The van der Waals surface area contributed by atoms with Crippen molar-refractivity contribution < 1.29 is 19.0 Å². The maximum absolute atomic E-state index is 13.5. The lowest BCUT2D eigenvalue weighted by Gasteiger charge is -2.05. The van der Waals surface area contributed by atoms with E-state index in [2.05, 4.69) is 17.2 Å². The van der Waals surface area contributed by atoms with Crippen molar-refractivity contribution in [2.75, 3.05) is 26.9 Å². The van der Waals surface area contributed by atoms with E-state index in [-0.39, 0.29) is 12.2 Å². The van der Waals surface area contributed by atoms with Crippen molar-refractivity contribution >= 4 is 5.91 Å². The molecule has 0 fully saturated rings. The fourth-order valence-electron chi connectivity index (χ4n) is 1.36. The first kappa shape index (κ1) is 15.2. The quantitative estimate of drug-likeness (QED) is 0.615. The second-order valence-corrected chi connectivity index (χ2v) is 3.72. The lowest BCUT2D eigenvalue weighted by Crippen LogP contribution is -2.27. The minimum atomic E-state index is -0.595. The molecular formula is C14H16FNO3. The van der Waals surface area contributed by atoms with Gasteiger partial charge in [-0.3, -0.25) is 4.79 Å². The third-order valence-corrected chi connectivity index (χ3v) is 2.27. The van der Waals surface area contributed by atoms with Crippen molar-refractivity contribution in [3.05, 3.63) is 35.1 Å². The van der Waals surface area contributed by atoms with Crippen LogP contribution in [0.3, 0.4) is 0 Å². The molecule has 0 heterocycles. The summed E-state index contributed by atoms with van der Waals surface area (Å²) < 4.78 is 18.3. The highest BCUT2D eigenvalue weighted by atomic mass is 19.1. The number of aliphatic hydroxyl groups is 1. The van der Waals surface area contributed by atoms with Crippen LogP contribution in [0, 0.1) is 17.7 Å². The molecular weight excluding hydrogens is 249 g/mol. The standard InChI is InChI=1S/C14H16FNO3/c1-19-9-7-16-14(18)12-10-11(4-2-3-8-17)5-6-13(12)15/h5-6,10,17H,3,7-9H2,1H3,(H,16,18). The molecule has 1 amide bonds. The number of hydrogen-bond acceptors (Lipinski definition) is 3. The van der Waals surface area contributed by atoms with E-state index in [1.807, 2.05) is 0 Å². The molecule has 0 radical (unpaired) electrons. The van der Waals surface area contributed by atoms with Crippen LogP contribution in [-0.4, -0.2) is 37.9 Å². The van der Waals surface area contributed by atoms with Gasteiger partial charge in [-0.05, 0) is 18.2 Å². The molecule has 0 bridgehead atoms. The molecule has 19 heavy (non-hydrogen) atoms. The van der Waals surface area contributed by atoms with Crippen LogP contribution in [0.5, 0.6) is 0 Å². The summed E-state index contributed by atoms with van der Waals surface area (Å²) in [5.74, 6) is 4.37. The molecule has 0 saturated heterocycles. The molecule has 4 nitrogen and oxygen atoms in total. The molecule has 0 saturated carbocycles. The van der Waals surface area contributed by atoms with Gasteiger partial charge >= 0.3 is 0 Å². The van der Waals surface area contributed by atoms with Crippen LogP contribution in [0.15, 0.2) is 18.2 Å². The number of halogens is 1. The average molecular weight is 265 g/mol. The summed E-state index contributed by atoms with van der Waals surface area (Å²) in [6.45, 7) is 0.650. The normalized spacial score (nSPS) is 9.63. The lowest BCUT2D eigenvalue weighted by molar-refractivity contribution is 0.0933. The van der Waals surface area contributed by atoms with Crippen molar-refractivity contribution in [2.45, 2.75) is 6.42 Å². The van der Waals surface area contributed by atoms with Gasteiger partial charge in [0.15, 0.2) is 0 Å². The van der Waals surface area contributed by atoms with Crippen molar-refractivity contribution in [3.63, 3.8) is 0 Å². The van der Waals surface area contributed by atoms with E-state index >= 15 is 0 Å². The van der Waals surface area contributed by atoms with Crippen LogP contribution < -0.4 is 5.32 Å². The SMILES string of the molecule is COCCNC(=O)c1cc(C#CCCO)ccc1F. The van der Waals surface area contributed by atoms with E-state index in [9.17, 15) is 9.18 Å². The number of aliphatic hydroxyl groups excluding tert-OH is 1. The van der Waals surface area contributed by atoms with Gasteiger partial charge in [-0.2, -0.15) is 0 Å². The molecule has 0 aromatic heterocycles. The molecule has 0 aliphatic carbocycles. The van der Waals surface area contributed by atoms with Crippen LogP contribution in [0.25, 0.3) is 0 Å². The third kappa shape index (κ3) is 5.08. The first-order valence-corrected chi connectivity index (χ1v) is 5.85. The largest absolute Gasteiger partial charge is 0.395 e. The van der Waals surface area contributed by atoms with E-state index in [0.29, 0.717) is 25.1 Å². The molecule has 1 aromatic carbocycles. The highest BCUT2D eigenvalue weighted by Gasteiger charge is 2.11. The van der Waals surface area contributed by atoms with Crippen molar-refractivity contribution in [1.82, 2.24) is 5.32 Å². The minimum absolute atomic E-state index is 0.0292. The number of nitrogens with one attached hydrogen (secondary N) is 1. The topological polar surface area (TPSA) is 58.6 Å². The lowest BCUT2D eigenvalue weighted by atomic mass is 10.1. The summed E-state index contributed by atoms with van der Waals surface area (Å²) >= 11 is 0. The molecule has 0 atom stereocenters. The van der Waals surface area contributed by atoms with Crippen LogP contribution in [0.2, 0.25) is 0 Å². The fourth-order valence-corrected chi connectivity index (χ4v) is 1.36. The number of carbonyl (C=O) groups is 1. The summed E-state index contributed by atoms with van der Waals surface area (Å²) in [5, 5.41) is 11.2. The van der Waals surface area contributed by atoms with Crippen molar-refractivity contribution in [2.24, 2.45) is 0 Å². The Morgan fingerprint density at radius 2 is 2.32 bits per heavy atom. The molecule has 0 spiro atoms. The van der Waals surface area contributed by atoms with Gasteiger partial charge in [0, 0.05) is 25.6 Å². The molecule has 1 aromatic rings. The van der Waals surface area contributed by atoms with E-state index in [0.717, 1.165) is 0 Å². The molecule has 102 valence electrons. The van der Waals surface area contributed by atoms with Gasteiger partial charge in [-0.1, -0.05) is 11.8 Å². The zero-order valence-corrected chi connectivity index (χ0v) is 10.7. The summed E-state index contributed by atoms with van der Waals surface area (Å²) in [5.41, 5.74) is 0.485. The molecule has 5 heteroatoms. The monoisotopic (exact) mass is 265 g/mol. The summed E-state index contributed by atoms with van der Waals surface area (Å²) in [6.07, 6.45) is 0.340. The Hall–Kier alpha value is -1.90. The smallest absolute Gasteiger partial charge is 0.254 e. The molecule has 0 unspecified atom stereocenters. The van der Waals surface area contributed by atoms with E-state index in [1.54, 1.807) is 0 Å². The number of hydrogen-bond donors (Lipinski definition) is 2. The number of carbonyl (C=O) groups excluding carboxylic acids is 1. The maximum Gasteiger partial charge on any atom is 0.254 e. The second-order valence-electron chi connectivity index (χ2n) is 3.72. The highest BCUT2D eigenvalue weighted by molar-refractivity contribution is 5.94. The Balaban J connectivity index is 2.79. The van der Waals surface area contributed by atoms with Gasteiger partial charge in [0.25, 0.3) is 5.91 Å². The first-order valence-electron chi connectivity index (χ1n) is 5.85. The van der Waals surface area contributed by atoms with Gasteiger partial charge in [0.1, 0.15) is 5.82 Å². The fraction of sp³-hybridized carbons (Fsp3) is 0.357. The van der Waals surface area contributed by atoms with Crippen LogP contribution in [0.1, 0.15) is 22.3 Å². The number of ether oxygens (including phenoxy) is 1. The second kappa shape index (κ2) is 8.25. The zero-order chi connectivity index (χ0) is 14.1. The summed E-state index contributed by atoms with van der Waals surface area (Å²) in [7, 11) is 1.52. The number of benzene rings is 1.